The summed E-state index contributed by atoms with van der Waals surface area (Å²) >= 11 is 0. The third kappa shape index (κ3) is 5.10. The van der Waals surface area contributed by atoms with Crippen LogP contribution < -0.4 is 10.2 Å². The van der Waals surface area contributed by atoms with E-state index >= 15 is 0 Å². The van der Waals surface area contributed by atoms with Crippen molar-refractivity contribution >= 4 is 22.7 Å². The van der Waals surface area contributed by atoms with Gasteiger partial charge in [0.05, 0.1) is 43.4 Å². The molecule has 162 valence electrons. The quantitative estimate of drug-likeness (QED) is 0.468. The fourth-order valence-electron chi connectivity index (χ4n) is 3.66. The summed E-state index contributed by atoms with van der Waals surface area (Å²) in [6.45, 7) is 6.13. The number of morpholine rings is 1. The highest BCUT2D eigenvalue weighted by Crippen LogP contribution is 2.22. The second-order valence-electron chi connectivity index (χ2n) is 7.51. The maximum absolute atomic E-state index is 12.4. The average Bonchev–Trinajstić information content (AvgIpc) is 3.21. The molecule has 2 heterocycles. The van der Waals surface area contributed by atoms with Gasteiger partial charge in [-0.2, -0.15) is 5.10 Å². The minimum atomic E-state index is -0.204. The molecule has 0 radical (unpaired) electrons. The molecule has 3 aromatic rings. The van der Waals surface area contributed by atoms with Crippen LogP contribution in [0.15, 0.2) is 53.9 Å². The number of nitrogens with zero attached hydrogens (tertiary/aromatic N) is 4. The summed E-state index contributed by atoms with van der Waals surface area (Å²) in [6, 6.07) is 13.7. The van der Waals surface area contributed by atoms with E-state index in [1.165, 1.54) is 0 Å². The molecule has 1 aromatic heterocycles. The van der Waals surface area contributed by atoms with Gasteiger partial charge >= 0.3 is 0 Å². The summed E-state index contributed by atoms with van der Waals surface area (Å²) < 4.78 is 12.8. The number of methoxy groups -OCH3 is 1. The van der Waals surface area contributed by atoms with Gasteiger partial charge in [0.1, 0.15) is 12.3 Å². The van der Waals surface area contributed by atoms with Crippen LogP contribution in [-0.2, 0) is 22.6 Å². The molecule has 4 rings (SSSR count). The second kappa shape index (κ2) is 9.72. The van der Waals surface area contributed by atoms with Crippen LogP contribution in [0.5, 0.6) is 5.75 Å². The van der Waals surface area contributed by atoms with Gasteiger partial charge in [0.15, 0.2) is 0 Å². The first-order chi connectivity index (χ1) is 15.1. The van der Waals surface area contributed by atoms with Gasteiger partial charge < -0.3 is 14.0 Å². The highest BCUT2D eigenvalue weighted by Gasteiger charge is 2.14. The van der Waals surface area contributed by atoms with E-state index in [-0.39, 0.29) is 12.5 Å². The maximum atomic E-state index is 12.4. The van der Waals surface area contributed by atoms with Crippen molar-refractivity contribution in [3.8, 4) is 5.75 Å². The van der Waals surface area contributed by atoms with E-state index in [1.54, 1.807) is 13.4 Å². The lowest BCUT2D eigenvalue weighted by molar-refractivity contribution is -0.121. The normalized spacial score (nSPS) is 15.2. The van der Waals surface area contributed by atoms with E-state index in [0.29, 0.717) is 0 Å². The molecule has 8 heteroatoms. The molecule has 1 aliphatic rings. The Morgan fingerprint density at radius 2 is 2.03 bits per heavy atom. The number of amides is 1. The zero-order chi connectivity index (χ0) is 21.6. The Labute approximate surface area is 181 Å². The Bertz CT molecular complexity index is 1090. The van der Waals surface area contributed by atoms with Gasteiger partial charge in [0.25, 0.3) is 5.91 Å². The number of benzene rings is 2. The number of para-hydroxylation sites is 2. The van der Waals surface area contributed by atoms with Crippen molar-refractivity contribution in [1.29, 1.82) is 0 Å². The topological polar surface area (TPSA) is 81.0 Å². The van der Waals surface area contributed by atoms with E-state index in [1.807, 2.05) is 47.9 Å². The maximum Gasteiger partial charge on any atom is 0.260 e. The predicted octanol–water partition coefficient (Wildman–Crippen LogP) is 2.42. The first-order valence-corrected chi connectivity index (χ1v) is 10.3. The van der Waals surface area contributed by atoms with Gasteiger partial charge in [-0.1, -0.05) is 12.1 Å². The highest BCUT2D eigenvalue weighted by atomic mass is 16.5. The van der Waals surface area contributed by atoms with Crippen LogP contribution in [0.2, 0.25) is 0 Å². The van der Waals surface area contributed by atoms with Gasteiger partial charge in [0.2, 0.25) is 0 Å². The third-order valence-corrected chi connectivity index (χ3v) is 5.39. The van der Waals surface area contributed by atoms with E-state index in [9.17, 15) is 4.79 Å². The molecule has 0 aliphatic carbocycles. The van der Waals surface area contributed by atoms with Crippen molar-refractivity contribution < 1.29 is 14.3 Å². The summed E-state index contributed by atoms with van der Waals surface area (Å²) in [5.41, 5.74) is 7.20. The number of carbonyl (C=O) groups is 1. The van der Waals surface area contributed by atoms with Crippen LogP contribution in [0, 0.1) is 0 Å². The summed E-state index contributed by atoms with van der Waals surface area (Å²) in [4.78, 5) is 19.1. The van der Waals surface area contributed by atoms with Crippen molar-refractivity contribution in [2.75, 3.05) is 33.4 Å². The average molecular weight is 422 g/mol. The summed E-state index contributed by atoms with van der Waals surface area (Å²) in [6.07, 6.45) is 1.67. The van der Waals surface area contributed by atoms with E-state index in [0.717, 1.165) is 66.5 Å². The molecule has 1 N–H and O–H groups in total. The lowest BCUT2D eigenvalue weighted by atomic mass is 10.1. The van der Waals surface area contributed by atoms with Crippen LogP contribution in [0.3, 0.4) is 0 Å². The number of hydrazone groups is 1. The molecule has 1 amide bonds. The first kappa shape index (κ1) is 21.0. The molecular formula is C23H27N5O3. The fourth-order valence-corrected chi connectivity index (χ4v) is 3.66. The number of carbonyl (C=O) groups excluding carboxylic acids is 1. The van der Waals surface area contributed by atoms with Crippen LogP contribution in [-0.4, -0.2) is 59.5 Å². The lowest BCUT2D eigenvalue weighted by Crippen LogP contribution is -2.35. The molecule has 31 heavy (non-hydrogen) atoms. The largest absolute Gasteiger partial charge is 0.496 e. The van der Waals surface area contributed by atoms with Crippen molar-refractivity contribution in [3.63, 3.8) is 0 Å². The van der Waals surface area contributed by atoms with Gasteiger partial charge in [-0.15, -0.1) is 0 Å². The van der Waals surface area contributed by atoms with Gasteiger partial charge in [-0.3, -0.25) is 9.69 Å². The van der Waals surface area contributed by atoms with Crippen LogP contribution in [0.25, 0.3) is 11.0 Å². The molecule has 0 atom stereocenters. The molecule has 0 spiro atoms. The Morgan fingerprint density at radius 3 is 2.84 bits per heavy atom. The van der Waals surface area contributed by atoms with E-state index < -0.39 is 0 Å². The van der Waals surface area contributed by atoms with Crippen LogP contribution in [0.4, 0.5) is 0 Å². The van der Waals surface area contributed by atoms with Gasteiger partial charge in [-0.25, -0.2) is 10.4 Å². The molecule has 2 aromatic carbocycles. The fraction of sp³-hybridized carbons (Fsp3) is 0.348. The monoisotopic (exact) mass is 421 g/mol. The van der Waals surface area contributed by atoms with Crippen molar-refractivity contribution in [2.24, 2.45) is 5.10 Å². The second-order valence-corrected chi connectivity index (χ2v) is 7.51. The Morgan fingerprint density at radius 1 is 1.23 bits per heavy atom. The standard InChI is InChI=1S/C23H27N5O3/c1-17(25-26-23(29)15-28-16-24-20-5-3-4-6-21(20)28)18-7-8-22(30-2)19(13-18)14-27-9-11-31-12-10-27/h3-8,13,16H,9-12,14-15H2,1-2H3,(H,26,29)/b25-17-. The van der Waals surface area contributed by atoms with E-state index in [2.05, 4.69) is 26.5 Å². The first-order valence-electron chi connectivity index (χ1n) is 10.3. The Hall–Kier alpha value is -3.23. The smallest absolute Gasteiger partial charge is 0.260 e. The van der Waals surface area contributed by atoms with E-state index in [4.69, 9.17) is 9.47 Å². The minimum absolute atomic E-state index is 0.155. The molecule has 0 unspecified atom stereocenters. The van der Waals surface area contributed by atoms with Crippen molar-refractivity contribution in [1.82, 2.24) is 19.9 Å². The molecule has 1 aliphatic heterocycles. The number of hydrogen-bond donors (Lipinski definition) is 1. The molecule has 8 nitrogen and oxygen atoms in total. The number of ether oxygens (including phenoxy) is 2. The Kier molecular flexibility index (Phi) is 6.59. The zero-order valence-electron chi connectivity index (χ0n) is 17.9. The number of aromatic nitrogens is 2. The van der Waals surface area contributed by atoms with Crippen LogP contribution in [0.1, 0.15) is 18.1 Å². The van der Waals surface area contributed by atoms with Gasteiger partial charge in [0, 0.05) is 25.2 Å². The Balaban J connectivity index is 1.43. The SMILES string of the molecule is COc1ccc(/C(C)=N\NC(=O)Cn2cnc3ccccc32)cc1CN1CCOCC1. The number of fused-ring (bicyclic) bond motifs is 1. The number of nitrogens with one attached hydrogen (secondary N) is 1. The molecule has 1 saturated heterocycles. The summed E-state index contributed by atoms with van der Waals surface area (Å²) in [7, 11) is 1.68. The van der Waals surface area contributed by atoms with Crippen molar-refractivity contribution in [2.45, 2.75) is 20.0 Å². The predicted molar refractivity (Wildman–Crippen MR) is 119 cm³/mol. The molecule has 0 bridgehead atoms. The minimum Gasteiger partial charge on any atom is -0.496 e. The van der Waals surface area contributed by atoms with Gasteiger partial charge in [-0.05, 0) is 42.8 Å². The zero-order valence-corrected chi connectivity index (χ0v) is 17.9. The molecular weight excluding hydrogens is 394 g/mol. The molecule has 1 fully saturated rings. The van der Waals surface area contributed by atoms with Crippen LogP contribution >= 0.6 is 0 Å². The summed E-state index contributed by atoms with van der Waals surface area (Å²) in [5, 5.41) is 4.31. The highest BCUT2D eigenvalue weighted by molar-refractivity contribution is 5.99. The van der Waals surface area contributed by atoms with Crippen molar-refractivity contribution in [3.05, 3.63) is 59.9 Å². The number of rotatable bonds is 7. The summed E-state index contributed by atoms with van der Waals surface area (Å²) in [5.74, 6) is 0.642. The lowest BCUT2D eigenvalue weighted by Gasteiger charge is -2.27. The number of imidazole rings is 1. The molecule has 0 saturated carbocycles. The third-order valence-electron chi connectivity index (χ3n) is 5.39. The number of hydrogen-bond acceptors (Lipinski definition) is 6.